The van der Waals surface area contributed by atoms with E-state index in [9.17, 15) is 4.79 Å². The van der Waals surface area contributed by atoms with Gasteiger partial charge in [-0.25, -0.2) is 9.78 Å². The summed E-state index contributed by atoms with van der Waals surface area (Å²) in [5.41, 5.74) is 0.583. The van der Waals surface area contributed by atoms with Crippen molar-refractivity contribution in [2.24, 2.45) is 0 Å². The van der Waals surface area contributed by atoms with E-state index in [-0.39, 0.29) is 11.7 Å². The lowest BCUT2D eigenvalue weighted by Crippen LogP contribution is -2.10. The molecule has 1 atom stereocenters. The van der Waals surface area contributed by atoms with Gasteiger partial charge in [0.15, 0.2) is 5.89 Å². The van der Waals surface area contributed by atoms with E-state index in [1.54, 1.807) is 6.92 Å². The molecule has 0 aliphatic carbocycles. The molecule has 2 rings (SSSR count). The van der Waals surface area contributed by atoms with Gasteiger partial charge in [-0.05, 0) is 13.0 Å². The predicted molar refractivity (Wildman–Crippen MR) is 48.4 cm³/mol. The van der Waals surface area contributed by atoms with Gasteiger partial charge in [0.25, 0.3) is 0 Å². The number of aromatic nitrogens is 1. The lowest BCUT2D eigenvalue weighted by molar-refractivity contribution is 0.0658. The zero-order valence-corrected chi connectivity index (χ0v) is 7.91. The first-order valence-corrected chi connectivity index (χ1v) is 4.60. The average molecular weight is 196 g/mol. The van der Waals surface area contributed by atoms with Crippen molar-refractivity contribution >= 4 is 5.97 Å². The van der Waals surface area contributed by atoms with Gasteiger partial charge in [-0.15, -0.1) is 0 Å². The number of nitrogens with one attached hydrogen (secondary N) is 1. The van der Waals surface area contributed by atoms with E-state index in [0.717, 1.165) is 19.5 Å². The van der Waals surface area contributed by atoms with Gasteiger partial charge in [0.1, 0.15) is 0 Å². The second-order valence-corrected chi connectivity index (χ2v) is 3.44. The van der Waals surface area contributed by atoms with Crippen LogP contribution in [0.25, 0.3) is 0 Å². The molecule has 76 valence electrons. The first kappa shape index (κ1) is 9.21. The number of aromatic carboxylic acids is 1. The zero-order chi connectivity index (χ0) is 10.1. The van der Waals surface area contributed by atoms with E-state index in [4.69, 9.17) is 9.52 Å². The maximum absolute atomic E-state index is 10.8. The summed E-state index contributed by atoms with van der Waals surface area (Å²) in [5, 5.41) is 12.1. The molecular formula is C9H12N2O3. The van der Waals surface area contributed by atoms with Crippen molar-refractivity contribution in [1.29, 1.82) is 0 Å². The minimum Gasteiger partial charge on any atom is -0.475 e. The minimum atomic E-state index is -1.03. The molecule has 1 aliphatic rings. The number of carboxylic acid groups (broad SMARTS) is 1. The third kappa shape index (κ3) is 1.50. The van der Waals surface area contributed by atoms with E-state index < -0.39 is 5.97 Å². The Morgan fingerprint density at radius 1 is 1.71 bits per heavy atom. The van der Waals surface area contributed by atoms with E-state index in [2.05, 4.69) is 10.3 Å². The molecule has 1 aromatic rings. The Kier molecular flexibility index (Phi) is 2.25. The van der Waals surface area contributed by atoms with Crippen LogP contribution in [0.4, 0.5) is 0 Å². The van der Waals surface area contributed by atoms with Crippen molar-refractivity contribution < 1.29 is 14.3 Å². The van der Waals surface area contributed by atoms with Crippen LogP contribution in [0.15, 0.2) is 4.42 Å². The molecule has 0 aromatic carbocycles. The molecule has 5 heteroatoms. The van der Waals surface area contributed by atoms with Crippen LogP contribution in [0.2, 0.25) is 0 Å². The number of carbonyl (C=O) groups is 1. The fraction of sp³-hybridized carbons (Fsp3) is 0.556. The number of nitrogens with zero attached hydrogens (tertiary/aromatic N) is 1. The minimum absolute atomic E-state index is 0.00352. The van der Waals surface area contributed by atoms with Crippen LogP contribution in [0.1, 0.15) is 34.5 Å². The second-order valence-electron chi connectivity index (χ2n) is 3.44. The normalized spacial score (nSPS) is 21.4. The predicted octanol–water partition coefficient (Wildman–Crippen LogP) is 0.758. The highest BCUT2D eigenvalue weighted by molar-refractivity contribution is 5.85. The quantitative estimate of drug-likeness (QED) is 0.730. The van der Waals surface area contributed by atoms with Crippen LogP contribution in [0.3, 0.4) is 0 Å². The Labute approximate surface area is 81.1 Å². The summed E-state index contributed by atoms with van der Waals surface area (Å²) in [6, 6.07) is 0. The molecular weight excluding hydrogens is 184 g/mol. The van der Waals surface area contributed by atoms with Crippen molar-refractivity contribution in [2.45, 2.75) is 19.3 Å². The van der Waals surface area contributed by atoms with Gasteiger partial charge in [0, 0.05) is 19.4 Å². The van der Waals surface area contributed by atoms with Crippen LogP contribution < -0.4 is 5.32 Å². The third-order valence-corrected chi connectivity index (χ3v) is 2.40. The van der Waals surface area contributed by atoms with Gasteiger partial charge in [-0.1, -0.05) is 0 Å². The molecule has 1 unspecified atom stereocenters. The lowest BCUT2D eigenvalue weighted by atomic mass is 10.0. The lowest BCUT2D eigenvalue weighted by Gasteiger charge is -2.03. The Morgan fingerprint density at radius 3 is 3.07 bits per heavy atom. The van der Waals surface area contributed by atoms with Crippen molar-refractivity contribution in [1.82, 2.24) is 10.3 Å². The molecule has 5 nitrogen and oxygen atoms in total. The standard InChI is InChI=1S/C9H12N2O3/c1-5-11-7(6-2-3-10-4-6)8(14-5)9(12)13/h6,10H,2-4H2,1H3,(H,12,13). The molecule has 0 saturated carbocycles. The first-order valence-electron chi connectivity index (χ1n) is 4.60. The third-order valence-electron chi connectivity index (χ3n) is 2.40. The van der Waals surface area contributed by atoms with Gasteiger partial charge in [0.05, 0.1) is 5.69 Å². The molecule has 14 heavy (non-hydrogen) atoms. The number of aryl methyl sites for hydroxylation is 1. The van der Waals surface area contributed by atoms with Gasteiger partial charge in [0.2, 0.25) is 5.76 Å². The summed E-state index contributed by atoms with van der Waals surface area (Å²) in [6.45, 7) is 3.36. The van der Waals surface area contributed by atoms with Crippen molar-refractivity contribution in [3.63, 3.8) is 0 Å². The summed E-state index contributed by atoms with van der Waals surface area (Å²) in [5.74, 6) is -0.438. The zero-order valence-electron chi connectivity index (χ0n) is 7.91. The maximum Gasteiger partial charge on any atom is 0.373 e. The van der Waals surface area contributed by atoms with Crippen molar-refractivity contribution in [3.05, 3.63) is 17.3 Å². The van der Waals surface area contributed by atoms with Crippen molar-refractivity contribution in [3.8, 4) is 0 Å². The van der Waals surface area contributed by atoms with Gasteiger partial charge in [-0.2, -0.15) is 0 Å². The highest BCUT2D eigenvalue weighted by Crippen LogP contribution is 2.25. The van der Waals surface area contributed by atoms with Gasteiger partial charge in [-0.3, -0.25) is 0 Å². The molecule has 2 heterocycles. The number of hydrogen-bond donors (Lipinski definition) is 2. The van der Waals surface area contributed by atoms with Crippen LogP contribution in [0, 0.1) is 6.92 Å². The highest BCUT2D eigenvalue weighted by atomic mass is 16.4. The molecule has 0 bridgehead atoms. The van der Waals surface area contributed by atoms with Gasteiger partial charge >= 0.3 is 5.97 Å². The Balaban J connectivity index is 2.35. The molecule has 0 amide bonds. The largest absolute Gasteiger partial charge is 0.475 e. The monoisotopic (exact) mass is 196 g/mol. The molecule has 1 aliphatic heterocycles. The molecule has 0 radical (unpaired) electrons. The number of carboxylic acids is 1. The van der Waals surface area contributed by atoms with Crippen LogP contribution in [-0.2, 0) is 0 Å². The SMILES string of the molecule is Cc1nc(C2CCNC2)c(C(=O)O)o1. The average Bonchev–Trinajstić information content (AvgIpc) is 2.70. The molecule has 0 spiro atoms. The summed E-state index contributed by atoms with van der Waals surface area (Å²) in [6.07, 6.45) is 0.923. The van der Waals surface area contributed by atoms with E-state index in [1.165, 1.54) is 0 Å². The highest BCUT2D eigenvalue weighted by Gasteiger charge is 2.27. The molecule has 2 N–H and O–H groups in total. The summed E-state index contributed by atoms with van der Waals surface area (Å²) in [4.78, 5) is 15.0. The molecule has 1 saturated heterocycles. The number of oxazole rings is 1. The number of rotatable bonds is 2. The fourth-order valence-electron chi connectivity index (χ4n) is 1.76. The van der Waals surface area contributed by atoms with E-state index in [0.29, 0.717) is 11.6 Å². The van der Waals surface area contributed by atoms with Crippen LogP contribution in [-0.4, -0.2) is 29.1 Å². The topological polar surface area (TPSA) is 75.4 Å². The second kappa shape index (κ2) is 3.42. The maximum atomic E-state index is 10.8. The van der Waals surface area contributed by atoms with Crippen LogP contribution >= 0.6 is 0 Å². The van der Waals surface area contributed by atoms with Crippen LogP contribution in [0.5, 0.6) is 0 Å². The Bertz CT molecular complexity index is 353. The van der Waals surface area contributed by atoms with E-state index >= 15 is 0 Å². The van der Waals surface area contributed by atoms with Gasteiger partial charge < -0.3 is 14.8 Å². The Hall–Kier alpha value is -1.36. The smallest absolute Gasteiger partial charge is 0.373 e. The number of hydrogen-bond acceptors (Lipinski definition) is 4. The fourth-order valence-corrected chi connectivity index (χ4v) is 1.76. The summed E-state index contributed by atoms with van der Waals surface area (Å²) in [7, 11) is 0. The van der Waals surface area contributed by atoms with E-state index in [1.807, 2.05) is 0 Å². The first-order chi connectivity index (χ1) is 6.68. The molecule has 1 aromatic heterocycles. The summed E-state index contributed by atoms with van der Waals surface area (Å²) >= 11 is 0. The van der Waals surface area contributed by atoms with Crippen molar-refractivity contribution in [2.75, 3.05) is 13.1 Å². The summed E-state index contributed by atoms with van der Waals surface area (Å²) < 4.78 is 5.05. The Morgan fingerprint density at radius 2 is 2.50 bits per heavy atom. The molecule has 1 fully saturated rings.